The first-order chi connectivity index (χ1) is 11.1. The fraction of sp³-hybridized carbons (Fsp3) is 0.294. The molecule has 1 saturated heterocycles. The number of benzene rings is 2. The molecule has 1 fully saturated rings. The number of hydrogen-bond donors (Lipinski definition) is 1. The van der Waals surface area contributed by atoms with E-state index in [1.165, 1.54) is 28.8 Å². The monoisotopic (exact) mass is 313 g/mol. The van der Waals surface area contributed by atoms with E-state index < -0.39 is 4.92 Å². The molecule has 0 spiro atoms. The Morgan fingerprint density at radius 1 is 1.09 bits per heavy atom. The molecule has 120 valence electrons. The molecule has 0 bridgehead atoms. The Balaban J connectivity index is 1.65. The first-order valence-electron chi connectivity index (χ1n) is 7.71. The van der Waals surface area contributed by atoms with Crippen molar-refractivity contribution in [2.45, 2.75) is 6.54 Å². The summed E-state index contributed by atoms with van der Waals surface area (Å²) in [5.41, 5.74) is 1.78. The van der Waals surface area contributed by atoms with Crippen molar-refractivity contribution in [3.05, 3.63) is 64.2 Å². The van der Waals surface area contributed by atoms with Crippen LogP contribution in [0.25, 0.3) is 0 Å². The van der Waals surface area contributed by atoms with Gasteiger partial charge in [0, 0.05) is 11.8 Å². The molecule has 0 radical (unpaired) electrons. The van der Waals surface area contributed by atoms with Gasteiger partial charge < -0.3 is 14.9 Å². The van der Waals surface area contributed by atoms with Crippen LogP contribution in [0.4, 0.5) is 11.4 Å². The molecule has 0 atom stereocenters. The first kappa shape index (κ1) is 15.3. The summed E-state index contributed by atoms with van der Waals surface area (Å²) in [5, 5.41) is 22.6. The minimum Gasteiger partial charge on any atom is -0.872 e. The lowest BCUT2D eigenvalue weighted by molar-refractivity contribution is -0.914. The molecule has 2 aromatic carbocycles. The zero-order chi connectivity index (χ0) is 16.2. The Hall–Kier alpha value is -2.60. The number of quaternary nitrogens is 1. The lowest BCUT2D eigenvalue weighted by Crippen LogP contribution is -3.13. The predicted octanol–water partition coefficient (Wildman–Crippen LogP) is 0.573. The van der Waals surface area contributed by atoms with E-state index in [9.17, 15) is 15.2 Å². The average Bonchev–Trinajstić information content (AvgIpc) is 2.56. The second kappa shape index (κ2) is 6.66. The Morgan fingerprint density at radius 2 is 1.78 bits per heavy atom. The van der Waals surface area contributed by atoms with Crippen LogP contribution in [0.15, 0.2) is 48.5 Å². The third-order valence-corrected chi connectivity index (χ3v) is 4.28. The molecule has 0 aliphatic carbocycles. The van der Waals surface area contributed by atoms with E-state index in [0.717, 1.165) is 26.2 Å². The molecule has 0 saturated carbocycles. The molecule has 0 unspecified atom stereocenters. The van der Waals surface area contributed by atoms with Gasteiger partial charge in [0.2, 0.25) is 0 Å². The molecule has 1 aliphatic heterocycles. The number of para-hydroxylation sites is 1. The fourth-order valence-corrected chi connectivity index (χ4v) is 3.05. The average molecular weight is 313 g/mol. The number of nitrogens with one attached hydrogen (secondary N) is 1. The zero-order valence-electron chi connectivity index (χ0n) is 12.8. The van der Waals surface area contributed by atoms with Crippen LogP contribution >= 0.6 is 0 Å². The van der Waals surface area contributed by atoms with E-state index >= 15 is 0 Å². The van der Waals surface area contributed by atoms with Gasteiger partial charge in [-0.05, 0) is 12.1 Å². The van der Waals surface area contributed by atoms with E-state index in [2.05, 4.69) is 17.0 Å². The van der Waals surface area contributed by atoms with Gasteiger partial charge in [-0.3, -0.25) is 10.1 Å². The molecule has 0 aromatic heterocycles. The standard InChI is InChI=1S/C17H19N3O3/c21-16-6-7-17(20(22)23)14(12-16)13-18-8-10-19(11-9-18)15-4-2-1-3-5-15/h1-7,12,21H,8-11,13H2. The van der Waals surface area contributed by atoms with Gasteiger partial charge in [0.1, 0.15) is 6.54 Å². The van der Waals surface area contributed by atoms with E-state index in [0.29, 0.717) is 12.1 Å². The molecular weight excluding hydrogens is 294 g/mol. The van der Waals surface area contributed by atoms with Crippen LogP contribution < -0.4 is 14.9 Å². The van der Waals surface area contributed by atoms with Crippen molar-refractivity contribution in [1.29, 1.82) is 0 Å². The van der Waals surface area contributed by atoms with Gasteiger partial charge in [-0.1, -0.05) is 30.3 Å². The number of rotatable bonds is 4. The topological polar surface area (TPSA) is 73.9 Å². The van der Waals surface area contributed by atoms with Gasteiger partial charge in [-0.15, -0.1) is 5.75 Å². The fourth-order valence-electron chi connectivity index (χ4n) is 3.05. The van der Waals surface area contributed by atoms with Gasteiger partial charge in [0.15, 0.2) is 0 Å². The Labute approximate surface area is 134 Å². The van der Waals surface area contributed by atoms with Gasteiger partial charge in [-0.25, -0.2) is 0 Å². The molecule has 1 aliphatic rings. The summed E-state index contributed by atoms with van der Waals surface area (Å²) < 4.78 is 0. The smallest absolute Gasteiger partial charge is 0.278 e. The summed E-state index contributed by atoms with van der Waals surface area (Å²) >= 11 is 0. The zero-order valence-corrected chi connectivity index (χ0v) is 12.8. The van der Waals surface area contributed by atoms with Crippen molar-refractivity contribution in [2.24, 2.45) is 0 Å². The van der Waals surface area contributed by atoms with Gasteiger partial charge in [0.05, 0.1) is 36.7 Å². The Kier molecular flexibility index (Phi) is 4.43. The number of anilines is 1. The summed E-state index contributed by atoms with van der Waals surface area (Å²) in [7, 11) is 0. The molecule has 1 heterocycles. The van der Waals surface area contributed by atoms with Gasteiger partial charge >= 0.3 is 0 Å². The third-order valence-electron chi connectivity index (χ3n) is 4.28. The van der Waals surface area contributed by atoms with Crippen molar-refractivity contribution >= 4 is 11.4 Å². The van der Waals surface area contributed by atoms with E-state index in [1.54, 1.807) is 0 Å². The summed E-state index contributed by atoms with van der Waals surface area (Å²) in [6, 6.07) is 14.2. The van der Waals surface area contributed by atoms with Gasteiger partial charge in [-0.2, -0.15) is 0 Å². The maximum absolute atomic E-state index is 11.5. The molecule has 0 amide bonds. The first-order valence-corrected chi connectivity index (χ1v) is 7.71. The second-order valence-electron chi connectivity index (χ2n) is 5.80. The van der Waals surface area contributed by atoms with Crippen molar-refractivity contribution in [3.8, 4) is 5.75 Å². The molecule has 6 nitrogen and oxygen atoms in total. The molecular formula is C17H19N3O3. The van der Waals surface area contributed by atoms with Crippen LogP contribution in [0.5, 0.6) is 5.75 Å². The van der Waals surface area contributed by atoms with E-state index in [1.807, 2.05) is 18.2 Å². The normalized spacial score (nSPS) is 15.6. The summed E-state index contributed by atoms with van der Waals surface area (Å²) in [6.45, 7) is 4.13. The van der Waals surface area contributed by atoms with Crippen molar-refractivity contribution in [3.63, 3.8) is 0 Å². The maximum atomic E-state index is 11.5. The summed E-state index contributed by atoms with van der Waals surface area (Å²) in [5.74, 6) is -0.173. The highest BCUT2D eigenvalue weighted by atomic mass is 16.6. The predicted molar refractivity (Wildman–Crippen MR) is 85.6 cm³/mol. The highest BCUT2D eigenvalue weighted by Gasteiger charge is 2.23. The van der Waals surface area contributed by atoms with E-state index in [4.69, 9.17) is 0 Å². The van der Waals surface area contributed by atoms with Gasteiger partial charge in [0.25, 0.3) is 5.69 Å². The van der Waals surface area contributed by atoms with Crippen molar-refractivity contribution < 1.29 is 14.9 Å². The molecule has 1 N–H and O–H groups in total. The SMILES string of the molecule is O=[N+]([O-])c1ccc([O-])cc1C[NH+]1CCN(c2ccccc2)CC1. The molecule has 23 heavy (non-hydrogen) atoms. The second-order valence-corrected chi connectivity index (χ2v) is 5.80. The molecule has 3 rings (SSSR count). The molecule has 6 heteroatoms. The van der Waals surface area contributed by atoms with Crippen LogP contribution in [0.2, 0.25) is 0 Å². The van der Waals surface area contributed by atoms with Crippen LogP contribution in [0.3, 0.4) is 0 Å². The highest BCUT2D eigenvalue weighted by Crippen LogP contribution is 2.21. The van der Waals surface area contributed by atoms with E-state index in [-0.39, 0.29) is 11.4 Å². The largest absolute Gasteiger partial charge is 0.872 e. The summed E-state index contributed by atoms with van der Waals surface area (Å²) in [4.78, 5) is 14.3. The minimum absolute atomic E-state index is 0.0441. The molecule has 2 aromatic rings. The number of nitro groups is 1. The maximum Gasteiger partial charge on any atom is 0.278 e. The van der Waals surface area contributed by atoms with Crippen LogP contribution in [-0.2, 0) is 6.54 Å². The summed E-state index contributed by atoms with van der Waals surface area (Å²) in [6.07, 6.45) is 0. The number of hydrogen-bond acceptors (Lipinski definition) is 4. The number of piperazine rings is 1. The lowest BCUT2D eigenvalue weighted by Gasteiger charge is -2.33. The number of nitrogens with zero attached hydrogens (tertiary/aromatic N) is 2. The van der Waals surface area contributed by atoms with Crippen molar-refractivity contribution in [2.75, 3.05) is 31.1 Å². The van der Waals surface area contributed by atoms with Crippen LogP contribution in [0.1, 0.15) is 5.56 Å². The quantitative estimate of drug-likeness (QED) is 0.662. The van der Waals surface area contributed by atoms with Crippen LogP contribution in [-0.4, -0.2) is 31.1 Å². The third kappa shape index (κ3) is 3.60. The van der Waals surface area contributed by atoms with Crippen LogP contribution in [0, 0.1) is 10.1 Å². The number of nitro benzene ring substituents is 1. The Bertz CT molecular complexity index is 683. The Morgan fingerprint density at radius 3 is 2.43 bits per heavy atom. The minimum atomic E-state index is -0.408. The highest BCUT2D eigenvalue weighted by molar-refractivity contribution is 5.46. The lowest BCUT2D eigenvalue weighted by atomic mass is 10.1. The van der Waals surface area contributed by atoms with Crippen molar-refractivity contribution in [1.82, 2.24) is 0 Å².